The van der Waals surface area contributed by atoms with E-state index in [-0.39, 0.29) is 6.10 Å². The molecule has 2 fully saturated rings. The molecule has 0 radical (unpaired) electrons. The SMILES string of the molecule is CCC1(NCC(O)COC2CCCCC2)CCC1. The Labute approximate surface area is 111 Å². The summed E-state index contributed by atoms with van der Waals surface area (Å²) in [6.45, 7) is 3.41. The third-order valence-electron chi connectivity index (χ3n) is 4.78. The highest BCUT2D eigenvalue weighted by Crippen LogP contribution is 2.34. The first-order valence-electron chi connectivity index (χ1n) is 7.79. The summed E-state index contributed by atoms with van der Waals surface area (Å²) in [4.78, 5) is 0. The predicted octanol–water partition coefficient (Wildman–Crippen LogP) is 2.62. The summed E-state index contributed by atoms with van der Waals surface area (Å²) in [5.41, 5.74) is 0.325. The molecule has 0 aromatic carbocycles. The molecule has 2 N–H and O–H groups in total. The van der Waals surface area contributed by atoms with Crippen molar-refractivity contribution in [2.75, 3.05) is 13.2 Å². The van der Waals surface area contributed by atoms with Crippen molar-refractivity contribution in [2.45, 2.75) is 82.5 Å². The zero-order valence-electron chi connectivity index (χ0n) is 11.8. The van der Waals surface area contributed by atoms with Crippen LogP contribution in [0, 0.1) is 0 Å². The van der Waals surface area contributed by atoms with Gasteiger partial charge < -0.3 is 15.2 Å². The average molecular weight is 255 g/mol. The Morgan fingerprint density at radius 3 is 2.50 bits per heavy atom. The van der Waals surface area contributed by atoms with E-state index in [2.05, 4.69) is 12.2 Å². The summed E-state index contributed by atoms with van der Waals surface area (Å²) in [6.07, 6.45) is 11.4. The quantitative estimate of drug-likeness (QED) is 0.735. The van der Waals surface area contributed by atoms with E-state index >= 15 is 0 Å². The van der Waals surface area contributed by atoms with Gasteiger partial charge in [0.1, 0.15) is 0 Å². The van der Waals surface area contributed by atoms with E-state index in [0.717, 1.165) is 0 Å². The Morgan fingerprint density at radius 1 is 1.22 bits per heavy atom. The molecule has 2 saturated carbocycles. The highest BCUT2D eigenvalue weighted by molar-refractivity contribution is 4.95. The Kier molecular flexibility index (Phi) is 5.46. The molecular formula is C15H29NO2. The van der Waals surface area contributed by atoms with Crippen molar-refractivity contribution in [1.29, 1.82) is 0 Å². The summed E-state index contributed by atoms with van der Waals surface area (Å²) in [6, 6.07) is 0. The van der Waals surface area contributed by atoms with E-state index in [0.29, 0.717) is 24.8 Å². The maximum atomic E-state index is 9.97. The van der Waals surface area contributed by atoms with E-state index in [1.807, 2.05) is 0 Å². The van der Waals surface area contributed by atoms with Crippen LogP contribution >= 0.6 is 0 Å². The van der Waals surface area contributed by atoms with Gasteiger partial charge in [0, 0.05) is 12.1 Å². The highest BCUT2D eigenvalue weighted by Gasteiger charge is 2.34. The fourth-order valence-corrected chi connectivity index (χ4v) is 3.13. The van der Waals surface area contributed by atoms with Crippen LogP contribution in [0.15, 0.2) is 0 Å². The maximum Gasteiger partial charge on any atom is 0.0898 e. The van der Waals surface area contributed by atoms with Crippen molar-refractivity contribution in [3.05, 3.63) is 0 Å². The zero-order chi connectivity index (χ0) is 12.8. The minimum Gasteiger partial charge on any atom is -0.389 e. The van der Waals surface area contributed by atoms with Gasteiger partial charge in [0.25, 0.3) is 0 Å². The lowest BCUT2D eigenvalue weighted by molar-refractivity contribution is -0.0268. The van der Waals surface area contributed by atoms with Gasteiger partial charge in [0.05, 0.1) is 18.8 Å². The van der Waals surface area contributed by atoms with Crippen molar-refractivity contribution < 1.29 is 9.84 Å². The van der Waals surface area contributed by atoms with Gasteiger partial charge in [-0.15, -0.1) is 0 Å². The molecule has 0 saturated heterocycles. The van der Waals surface area contributed by atoms with Crippen LogP contribution in [0.4, 0.5) is 0 Å². The normalized spacial score (nSPS) is 25.7. The molecule has 1 unspecified atom stereocenters. The van der Waals surface area contributed by atoms with E-state index in [1.165, 1.54) is 57.8 Å². The van der Waals surface area contributed by atoms with Gasteiger partial charge in [-0.05, 0) is 38.5 Å². The molecule has 3 nitrogen and oxygen atoms in total. The summed E-state index contributed by atoms with van der Waals surface area (Å²) in [5, 5.41) is 13.5. The second kappa shape index (κ2) is 6.88. The molecule has 2 aliphatic carbocycles. The number of β-amino-alcohol motifs (C(OH)–C–C–N with tert-alkyl or cyclic N) is 1. The summed E-state index contributed by atoms with van der Waals surface area (Å²) in [5.74, 6) is 0. The lowest BCUT2D eigenvalue weighted by Crippen LogP contribution is -2.53. The molecule has 0 heterocycles. The van der Waals surface area contributed by atoms with Gasteiger partial charge in [-0.3, -0.25) is 0 Å². The number of aliphatic hydroxyl groups excluding tert-OH is 1. The number of ether oxygens (including phenoxy) is 1. The molecular weight excluding hydrogens is 226 g/mol. The number of rotatable bonds is 7. The van der Waals surface area contributed by atoms with Crippen LogP contribution in [0.1, 0.15) is 64.7 Å². The van der Waals surface area contributed by atoms with Gasteiger partial charge in [-0.25, -0.2) is 0 Å². The Hall–Kier alpha value is -0.120. The topological polar surface area (TPSA) is 41.5 Å². The average Bonchev–Trinajstić information content (AvgIpc) is 2.37. The van der Waals surface area contributed by atoms with Crippen LogP contribution in [0.3, 0.4) is 0 Å². The van der Waals surface area contributed by atoms with E-state index < -0.39 is 0 Å². The van der Waals surface area contributed by atoms with Crippen molar-refractivity contribution in [2.24, 2.45) is 0 Å². The predicted molar refractivity (Wildman–Crippen MR) is 73.7 cm³/mol. The Morgan fingerprint density at radius 2 is 1.94 bits per heavy atom. The monoisotopic (exact) mass is 255 g/mol. The van der Waals surface area contributed by atoms with Gasteiger partial charge in [-0.1, -0.05) is 26.2 Å². The molecule has 2 aliphatic rings. The van der Waals surface area contributed by atoms with Crippen LogP contribution in [0.5, 0.6) is 0 Å². The largest absolute Gasteiger partial charge is 0.389 e. The minimum atomic E-state index is -0.351. The maximum absolute atomic E-state index is 9.97. The van der Waals surface area contributed by atoms with Gasteiger partial charge in [0.2, 0.25) is 0 Å². The van der Waals surface area contributed by atoms with Crippen molar-refractivity contribution >= 4 is 0 Å². The van der Waals surface area contributed by atoms with Gasteiger partial charge >= 0.3 is 0 Å². The van der Waals surface area contributed by atoms with Gasteiger partial charge in [-0.2, -0.15) is 0 Å². The van der Waals surface area contributed by atoms with Crippen molar-refractivity contribution in [3.63, 3.8) is 0 Å². The summed E-state index contributed by atoms with van der Waals surface area (Å²) < 4.78 is 5.81. The fourth-order valence-electron chi connectivity index (χ4n) is 3.13. The zero-order valence-corrected chi connectivity index (χ0v) is 11.8. The molecule has 0 spiro atoms. The third-order valence-corrected chi connectivity index (χ3v) is 4.78. The number of aliphatic hydroxyl groups is 1. The lowest BCUT2D eigenvalue weighted by Gasteiger charge is -2.42. The molecule has 0 bridgehead atoms. The molecule has 3 heteroatoms. The summed E-state index contributed by atoms with van der Waals surface area (Å²) >= 11 is 0. The molecule has 0 aromatic heterocycles. The molecule has 2 rings (SSSR count). The van der Waals surface area contributed by atoms with Crippen LogP contribution in [-0.4, -0.2) is 36.0 Å². The molecule has 0 aliphatic heterocycles. The van der Waals surface area contributed by atoms with E-state index in [1.54, 1.807) is 0 Å². The smallest absolute Gasteiger partial charge is 0.0898 e. The molecule has 0 aromatic rings. The first-order valence-corrected chi connectivity index (χ1v) is 7.79. The molecule has 0 amide bonds. The van der Waals surface area contributed by atoms with Crippen LogP contribution in [0.2, 0.25) is 0 Å². The van der Waals surface area contributed by atoms with Crippen molar-refractivity contribution in [1.82, 2.24) is 5.32 Å². The third kappa shape index (κ3) is 3.94. The first-order chi connectivity index (χ1) is 8.74. The second-order valence-electron chi connectivity index (χ2n) is 6.12. The first kappa shape index (κ1) is 14.3. The number of nitrogens with one attached hydrogen (secondary N) is 1. The molecule has 18 heavy (non-hydrogen) atoms. The van der Waals surface area contributed by atoms with Crippen LogP contribution < -0.4 is 5.32 Å². The second-order valence-corrected chi connectivity index (χ2v) is 6.12. The van der Waals surface area contributed by atoms with E-state index in [4.69, 9.17) is 4.74 Å². The van der Waals surface area contributed by atoms with Crippen LogP contribution in [-0.2, 0) is 4.74 Å². The standard InChI is InChI=1S/C15H29NO2/c1-2-15(9-6-10-15)16-11-13(17)12-18-14-7-4-3-5-8-14/h13-14,16-17H,2-12H2,1H3. The van der Waals surface area contributed by atoms with Crippen LogP contribution in [0.25, 0.3) is 0 Å². The number of hydrogen-bond acceptors (Lipinski definition) is 3. The van der Waals surface area contributed by atoms with E-state index in [9.17, 15) is 5.11 Å². The minimum absolute atomic E-state index is 0.325. The highest BCUT2D eigenvalue weighted by atomic mass is 16.5. The Balaban J connectivity index is 1.58. The van der Waals surface area contributed by atoms with Crippen molar-refractivity contribution in [3.8, 4) is 0 Å². The van der Waals surface area contributed by atoms with Gasteiger partial charge in [0.15, 0.2) is 0 Å². The lowest BCUT2D eigenvalue weighted by atomic mass is 9.75. The summed E-state index contributed by atoms with van der Waals surface area (Å²) in [7, 11) is 0. The Bertz CT molecular complexity index is 229. The molecule has 1 atom stereocenters. The number of hydrogen-bond donors (Lipinski definition) is 2. The fraction of sp³-hybridized carbons (Fsp3) is 1.00. The molecule has 106 valence electrons.